The van der Waals surface area contributed by atoms with Gasteiger partial charge in [-0.25, -0.2) is 39.1 Å². The molecule has 94 heavy (non-hydrogen) atoms. The van der Waals surface area contributed by atoms with E-state index in [9.17, 15) is 23.9 Å². The lowest BCUT2D eigenvalue weighted by atomic mass is 9.81. The summed E-state index contributed by atoms with van der Waals surface area (Å²) in [6, 6.07) is 20.4. The van der Waals surface area contributed by atoms with Gasteiger partial charge in [0.05, 0.1) is 22.7 Å². The van der Waals surface area contributed by atoms with E-state index in [1.54, 1.807) is 56.6 Å². The minimum Gasteiger partial charge on any atom is -0.481 e. The first-order valence-corrected chi connectivity index (χ1v) is 31.5. The number of piperidine rings is 1. The van der Waals surface area contributed by atoms with Crippen LogP contribution < -0.4 is 22.5 Å². The number of aryl methyl sites for hydroxylation is 1. The summed E-state index contributed by atoms with van der Waals surface area (Å²) in [5, 5.41) is 14.6. The summed E-state index contributed by atoms with van der Waals surface area (Å²) in [7, 11) is 3.57. The number of nitrogen functional groups attached to an aromatic ring is 3. The summed E-state index contributed by atoms with van der Waals surface area (Å²) in [6.07, 6.45) is 30.3. The van der Waals surface area contributed by atoms with Crippen LogP contribution in [0.2, 0.25) is 0 Å². The number of terminal acetylenes is 2. The van der Waals surface area contributed by atoms with Gasteiger partial charge in [0.2, 0.25) is 5.91 Å². The van der Waals surface area contributed by atoms with Crippen molar-refractivity contribution in [1.29, 1.82) is 0 Å². The molecule has 15 rings (SSSR count). The zero-order valence-electron chi connectivity index (χ0n) is 52.6. The van der Waals surface area contributed by atoms with Crippen LogP contribution in [0.15, 0.2) is 113 Å². The molecular weight excluding hydrogens is 1190 g/mol. The Bertz CT molecular complexity index is 4990. The average Bonchev–Trinajstić information content (AvgIpc) is 1.61. The van der Waals surface area contributed by atoms with Gasteiger partial charge in [-0.05, 0) is 119 Å². The quantitative estimate of drug-likeness (QED) is 0.0732. The Morgan fingerprint density at radius 2 is 1.17 bits per heavy atom. The second-order valence-corrected chi connectivity index (χ2v) is 24.8. The topological polar surface area (TPSA) is 301 Å². The number of nitrogens with zero attached hydrogens (tertiary/aromatic N) is 11. The second kappa shape index (κ2) is 25.5. The van der Waals surface area contributed by atoms with Gasteiger partial charge >= 0.3 is 12.0 Å². The van der Waals surface area contributed by atoms with E-state index in [0.29, 0.717) is 129 Å². The van der Waals surface area contributed by atoms with Gasteiger partial charge in [-0.3, -0.25) is 22.8 Å². The van der Waals surface area contributed by atoms with E-state index in [1.807, 2.05) is 92.1 Å². The number of nitrogens with one attached hydrogen (secondary N) is 2. The first-order chi connectivity index (χ1) is 45.5. The number of carboxylic acid groups (broad SMARTS) is 1. The van der Waals surface area contributed by atoms with Crippen LogP contribution in [0.1, 0.15) is 123 Å². The molecule has 2 aliphatic carbocycles. The molecule has 1 aliphatic heterocycles. The van der Waals surface area contributed by atoms with Crippen LogP contribution >= 0.6 is 0 Å². The molecular formula is C71H71FN16O6. The number of likely N-dealkylation sites (tertiary alicyclic amines) is 1. The first kappa shape index (κ1) is 61.6. The van der Waals surface area contributed by atoms with Gasteiger partial charge in [0, 0.05) is 117 Å². The molecule has 1 saturated heterocycles. The molecule has 10 heterocycles. The van der Waals surface area contributed by atoms with E-state index in [2.05, 4.69) is 37.1 Å². The maximum absolute atomic E-state index is 14.5. The molecule has 0 unspecified atom stereocenters. The number of aromatic amines is 1. The van der Waals surface area contributed by atoms with Crippen molar-refractivity contribution in [3.8, 4) is 59.0 Å². The van der Waals surface area contributed by atoms with E-state index >= 15 is 0 Å². The summed E-state index contributed by atoms with van der Waals surface area (Å²) in [4.78, 5) is 69.3. The molecule has 9 aromatic heterocycles. The van der Waals surface area contributed by atoms with Crippen LogP contribution in [0.3, 0.4) is 0 Å². The number of halogens is 1. The maximum atomic E-state index is 14.5. The lowest BCUT2D eigenvalue weighted by molar-refractivity contribution is -0.142. The Balaban J connectivity index is 0.000000128. The van der Waals surface area contributed by atoms with Crippen LogP contribution in [0, 0.1) is 49.3 Å². The SMILES string of the molecule is C#Cc1ccc(F)c2cc(-c3nc(C4CCC(CNC(C)=O)CC4)n4ccnc(N)c34)[nH]c12.C#Cc1cccc2cc(-c3nc(C4CCC(C(=O)O)CC4)n4ccnc(N)c34)oc12.Cc1cccc2cc(-c3nc(C4CCN(C(=O)N(C)C)CC4)n4ccnc(N)c34)oc12. The van der Waals surface area contributed by atoms with Gasteiger partial charge in [-0.2, -0.15) is 0 Å². The van der Waals surface area contributed by atoms with Gasteiger partial charge in [-0.1, -0.05) is 42.2 Å². The lowest BCUT2D eigenvalue weighted by Gasteiger charge is -2.33. The molecule has 0 atom stereocenters. The number of H-pyrrole nitrogens is 1. The van der Waals surface area contributed by atoms with Gasteiger partial charge < -0.3 is 51.2 Å². The smallest absolute Gasteiger partial charge is 0.319 e. The number of anilines is 3. The normalized spacial score (nSPS) is 17.6. The Kier molecular flexibility index (Phi) is 16.7. The number of aliphatic carboxylic acids is 1. The molecule has 3 aromatic carbocycles. The molecule has 478 valence electrons. The highest BCUT2D eigenvalue weighted by Crippen LogP contribution is 2.43. The van der Waals surface area contributed by atoms with Crippen molar-refractivity contribution in [2.75, 3.05) is 50.9 Å². The van der Waals surface area contributed by atoms with Crippen molar-refractivity contribution < 1.29 is 32.7 Å². The summed E-state index contributed by atoms with van der Waals surface area (Å²) in [5.74, 6) is 10.1. The lowest BCUT2D eigenvalue weighted by Crippen LogP contribution is -2.43. The molecule has 0 bridgehead atoms. The third kappa shape index (κ3) is 11.6. The third-order valence-corrected chi connectivity index (χ3v) is 18.7. The number of imidazole rings is 3. The predicted molar refractivity (Wildman–Crippen MR) is 359 cm³/mol. The Labute approximate surface area is 539 Å². The molecule has 0 spiro atoms. The van der Waals surface area contributed by atoms with Crippen LogP contribution in [0.4, 0.5) is 26.6 Å². The zero-order chi connectivity index (χ0) is 65.6. The van der Waals surface area contributed by atoms with E-state index in [4.69, 9.17) is 53.8 Å². The van der Waals surface area contributed by atoms with Crippen molar-refractivity contribution in [1.82, 2.24) is 63.2 Å². The summed E-state index contributed by atoms with van der Waals surface area (Å²) < 4.78 is 32.8. The zero-order valence-corrected chi connectivity index (χ0v) is 52.6. The largest absolute Gasteiger partial charge is 0.481 e. The number of hydrogen-bond acceptors (Lipinski definition) is 14. The van der Waals surface area contributed by atoms with Crippen LogP contribution in [-0.4, -0.2) is 115 Å². The number of amides is 3. The maximum Gasteiger partial charge on any atom is 0.319 e. The van der Waals surface area contributed by atoms with Crippen LogP contribution in [0.5, 0.6) is 0 Å². The number of benzene rings is 3. The number of hydrogen-bond donors (Lipinski definition) is 6. The average molecular weight is 1260 g/mol. The number of carbonyl (C=O) groups excluding carboxylic acids is 2. The molecule has 3 fully saturated rings. The first-order valence-electron chi connectivity index (χ1n) is 31.5. The Morgan fingerprint density at radius 3 is 1.69 bits per heavy atom. The highest BCUT2D eigenvalue weighted by Gasteiger charge is 2.34. The molecule has 9 N–H and O–H groups in total. The fourth-order valence-corrected chi connectivity index (χ4v) is 13.8. The molecule has 3 amide bonds. The van der Waals surface area contributed by atoms with Crippen molar-refractivity contribution in [3.05, 3.63) is 144 Å². The van der Waals surface area contributed by atoms with Gasteiger partial charge in [0.25, 0.3) is 0 Å². The number of fused-ring (bicyclic) bond motifs is 6. The molecule has 2 saturated carbocycles. The molecule has 0 radical (unpaired) electrons. The molecule has 3 aliphatic rings. The predicted octanol–water partition coefficient (Wildman–Crippen LogP) is 11.9. The number of nitrogens with two attached hydrogens (primary N) is 3. The van der Waals surface area contributed by atoms with Crippen molar-refractivity contribution in [3.63, 3.8) is 0 Å². The van der Waals surface area contributed by atoms with Crippen LogP contribution in [0.25, 0.3) is 83.7 Å². The monoisotopic (exact) mass is 1260 g/mol. The van der Waals surface area contributed by atoms with Crippen LogP contribution in [-0.2, 0) is 9.59 Å². The number of rotatable bonds is 9. The van der Waals surface area contributed by atoms with Crippen molar-refractivity contribution in [2.24, 2.45) is 11.8 Å². The van der Waals surface area contributed by atoms with Crippen molar-refractivity contribution >= 4 is 84.8 Å². The number of carbonyl (C=O) groups is 3. The van der Waals surface area contributed by atoms with Gasteiger partial charge in [0.1, 0.15) is 85.5 Å². The summed E-state index contributed by atoms with van der Waals surface area (Å²) in [5.41, 5.74) is 28.0. The summed E-state index contributed by atoms with van der Waals surface area (Å²) in [6.45, 7) is 5.70. The molecule has 12 aromatic rings. The van der Waals surface area contributed by atoms with Crippen molar-refractivity contribution in [2.45, 2.75) is 95.8 Å². The number of carboxylic acids is 1. The number of para-hydroxylation sites is 2. The third-order valence-electron chi connectivity index (χ3n) is 18.7. The highest BCUT2D eigenvalue weighted by atomic mass is 19.1. The van der Waals surface area contributed by atoms with E-state index in [1.165, 1.54) is 6.07 Å². The second-order valence-electron chi connectivity index (χ2n) is 24.8. The number of furan rings is 2. The fraction of sp³-hybridized carbons (Fsp3) is 0.310. The molecule has 22 nitrogen and oxygen atoms in total. The highest BCUT2D eigenvalue weighted by molar-refractivity contribution is 5.95. The van der Waals surface area contributed by atoms with E-state index in [0.717, 1.165) is 96.3 Å². The minimum absolute atomic E-state index is 0.00626. The van der Waals surface area contributed by atoms with E-state index in [-0.39, 0.29) is 41.4 Å². The molecule has 23 heteroatoms. The van der Waals surface area contributed by atoms with Gasteiger partial charge in [-0.15, -0.1) is 12.8 Å². The summed E-state index contributed by atoms with van der Waals surface area (Å²) >= 11 is 0. The number of aromatic nitrogens is 10. The fourth-order valence-electron chi connectivity index (χ4n) is 13.8. The minimum atomic E-state index is -0.720. The Morgan fingerprint density at radius 1 is 0.670 bits per heavy atom. The standard InChI is InChI=1S/C25H25FN6O.C23H26N6O2.C23H20N4O3/c1-3-16-8-9-19(26)18-12-20(30-21(16)18)22-23-24(27)28-10-11-32(23)25(31-22)17-6-4-15(5-7-17)13-29-14(2)33;1-14-5-4-6-16-13-17(31-20(14)16)18-19-21(24)25-9-12-29(19)22(26-18)15-7-10-28(11-8-15)23(30)27(2)3;1-2-13-4-3-5-16-12-17(30-20(13)16)18-19-21(24)25-10-11-27(19)22(26-18)14-6-8-15(9-7-14)23(28)29/h1,8-12,15,17,30H,4-7,13H2,2H3,(H2,27,28)(H,29,33);4-6,9,12-13,15H,7-8,10-11H2,1-3H3,(H2,24,25);1,3-5,10-12,14-15H,6-9H2,(H2,24,25)(H,28,29). The number of urea groups is 1. The van der Waals surface area contributed by atoms with Gasteiger partial charge in [0.15, 0.2) is 11.5 Å². The van der Waals surface area contributed by atoms with E-state index < -0.39 is 5.97 Å². The Hall–Kier alpha value is -11.2.